The Morgan fingerprint density at radius 2 is 2.00 bits per heavy atom. The number of hydrogen-bond donors (Lipinski definition) is 0. The summed E-state index contributed by atoms with van der Waals surface area (Å²) in [5.41, 5.74) is 1.09. The van der Waals surface area contributed by atoms with Crippen LogP contribution >= 0.6 is 0 Å². The Morgan fingerprint density at radius 1 is 1.19 bits per heavy atom. The summed E-state index contributed by atoms with van der Waals surface area (Å²) in [4.78, 5) is 2.66. The van der Waals surface area contributed by atoms with Crippen molar-refractivity contribution in [1.29, 1.82) is 0 Å². The molecule has 0 radical (unpaired) electrons. The second-order valence-corrected chi connectivity index (χ2v) is 6.49. The third-order valence-electron chi connectivity index (χ3n) is 5.19. The Balaban J connectivity index is 1.78. The van der Waals surface area contributed by atoms with E-state index in [1.54, 1.807) is 6.07 Å². The molecule has 0 spiro atoms. The summed E-state index contributed by atoms with van der Waals surface area (Å²) in [6, 6.07) is 8.16. The first-order valence-electron chi connectivity index (χ1n) is 8.31. The van der Waals surface area contributed by atoms with Crippen molar-refractivity contribution in [2.24, 2.45) is 0 Å². The van der Waals surface area contributed by atoms with E-state index in [0.29, 0.717) is 12.1 Å². The van der Waals surface area contributed by atoms with Crippen molar-refractivity contribution in [2.45, 2.75) is 63.1 Å². The van der Waals surface area contributed by atoms with E-state index in [1.165, 1.54) is 44.7 Å². The molecule has 1 heterocycles. The van der Waals surface area contributed by atoms with Crippen LogP contribution in [0.15, 0.2) is 24.3 Å². The van der Waals surface area contributed by atoms with E-state index in [2.05, 4.69) is 4.90 Å². The van der Waals surface area contributed by atoms with Crippen LogP contribution in [0.2, 0.25) is 0 Å². The highest BCUT2D eigenvalue weighted by Crippen LogP contribution is 2.32. The van der Waals surface area contributed by atoms with Crippen LogP contribution < -0.4 is 0 Å². The van der Waals surface area contributed by atoms with Gasteiger partial charge in [0, 0.05) is 19.2 Å². The molecule has 1 aliphatic heterocycles. The Bertz CT molecular complexity index is 458. The first-order chi connectivity index (χ1) is 10.3. The monoisotopic (exact) mass is 291 g/mol. The maximum atomic E-state index is 13.5. The summed E-state index contributed by atoms with van der Waals surface area (Å²) in [6.07, 6.45) is 8.85. The van der Waals surface area contributed by atoms with E-state index >= 15 is 0 Å². The molecule has 3 rings (SSSR count). The highest BCUT2D eigenvalue weighted by Gasteiger charge is 2.36. The number of hydrogen-bond acceptors (Lipinski definition) is 2. The number of ether oxygens (including phenoxy) is 1. The number of likely N-dealkylation sites (tertiary alicyclic amines) is 1. The fourth-order valence-electron chi connectivity index (χ4n) is 4.17. The predicted octanol–water partition coefficient (Wildman–Crippen LogP) is 3.79. The number of benzene rings is 1. The van der Waals surface area contributed by atoms with Crippen molar-refractivity contribution in [1.82, 2.24) is 4.90 Å². The van der Waals surface area contributed by atoms with E-state index in [9.17, 15) is 4.39 Å². The molecule has 1 saturated heterocycles. The van der Waals surface area contributed by atoms with Gasteiger partial charge in [-0.1, -0.05) is 25.0 Å². The van der Waals surface area contributed by atoms with Gasteiger partial charge in [-0.15, -0.1) is 0 Å². The van der Waals surface area contributed by atoms with Crippen molar-refractivity contribution in [3.05, 3.63) is 35.6 Å². The zero-order chi connectivity index (χ0) is 14.7. The van der Waals surface area contributed by atoms with Crippen LogP contribution in [0.5, 0.6) is 0 Å². The topological polar surface area (TPSA) is 12.5 Å². The molecular formula is C18H26FNO. The molecule has 116 valence electrons. The molecule has 0 aromatic heterocycles. The quantitative estimate of drug-likeness (QED) is 0.837. The standard InChI is InChI=1S/C18H26FNO/c1-21-18-10-5-11-20(16-8-2-3-9-16)17(18)13-14-6-4-7-15(19)12-14/h4,6-7,12,16-18H,2-3,5,8-11,13H2,1H3/t17-,18-/m0/s1. The molecule has 1 aromatic rings. The Labute approximate surface area is 127 Å². The molecule has 0 bridgehead atoms. The van der Waals surface area contributed by atoms with Gasteiger partial charge in [-0.25, -0.2) is 4.39 Å². The van der Waals surface area contributed by atoms with E-state index in [-0.39, 0.29) is 11.9 Å². The van der Waals surface area contributed by atoms with Crippen molar-refractivity contribution >= 4 is 0 Å². The average Bonchev–Trinajstić information content (AvgIpc) is 3.01. The maximum Gasteiger partial charge on any atom is 0.123 e. The summed E-state index contributed by atoms with van der Waals surface area (Å²) in [5, 5.41) is 0. The van der Waals surface area contributed by atoms with Crippen molar-refractivity contribution < 1.29 is 9.13 Å². The van der Waals surface area contributed by atoms with E-state index < -0.39 is 0 Å². The van der Waals surface area contributed by atoms with E-state index in [4.69, 9.17) is 4.74 Å². The molecule has 0 unspecified atom stereocenters. The maximum absolute atomic E-state index is 13.5. The number of methoxy groups -OCH3 is 1. The Kier molecular flexibility index (Phi) is 4.91. The smallest absolute Gasteiger partial charge is 0.123 e. The van der Waals surface area contributed by atoms with Gasteiger partial charge in [0.25, 0.3) is 0 Å². The second-order valence-electron chi connectivity index (χ2n) is 6.49. The summed E-state index contributed by atoms with van der Waals surface area (Å²) in [6.45, 7) is 1.17. The Hall–Kier alpha value is -0.930. The highest BCUT2D eigenvalue weighted by molar-refractivity contribution is 5.18. The number of halogens is 1. The van der Waals surface area contributed by atoms with Crippen molar-refractivity contribution in [3.8, 4) is 0 Å². The third kappa shape index (κ3) is 3.46. The van der Waals surface area contributed by atoms with Gasteiger partial charge in [0.1, 0.15) is 5.82 Å². The number of nitrogens with zero attached hydrogens (tertiary/aromatic N) is 1. The lowest BCUT2D eigenvalue weighted by atomic mass is 9.91. The molecule has 2 atom stereocenters. The molecule has 1 aliphatic carbocycles. The molecular weight excluding hydrogens is 265 g/mol. The first kappa shape index (κ1) is 15.0. The molecule has 21 heavy (non-hydrogen) atoms. The van der Waals surface area contributed by atoms with Gasteiger partial charge in [0.05, 0.1) is 6.10 Å². The van der Waals surface area contributed by atoms with Gasteiger partial charge in [0.2, 0.25) is 0 Å². The third-order valence-corrected chi connectivity index (χ3v) is 5.19. The highest BCUT2D eigenvalue weighted by atomic mass is 19.1. The van der Waals surface area contributed by atoms with Gasteiger partial charge >= 0.3 is 0 Å². The van der Waals surface area contributed by atoms with Gasteiger partial charge in [-0.3, -0.25) is 4.90 Å². The zero-order valence-electron chi connectivity index (χ0n) is 12.9. The van der Waals surface area contributed by atoms with Gasteiger partial charge in [0.15, 0.2) is 0 Å². The summed E-state index contributed by atoms with van der Waals surface area (Å²) in [5.74, 6) is -0.135. The molecule has 0 N–H and O–H groups in total. The van der Waals surface area contributed by atoms with E-state index in [0.717, 1.165) is 18.4 Å². The summed E-state index contributed by atoms with van der Waals surface area (Å²) >= 11 is 0. The lowest BCUT2D eigenvalue weighted by Gasteiger charge is -2.44. The van der Waals surface area contributed by atoms with Gasteiger partial charge in [-0.05, 0) is 56.3 Å². The van der Waals surface area contributed by atoms with Crippen molar-refractivity contribution in [2.75, 3.05) is 13.7 Å². The molecule has 2 fully saturated rings. The van der Waals surface area contributed by atoms with E-state index in [1.807, 2.05) is 19.2 Å². The average molecular weight is 291 g/mol. The molecule has 3 heteroatoms. The second kappa shape index (κ2) is 6.89. The summed E-state index contributed by atoms with van der Waals surface area (Å²) < 4.78 is 19.2. The zero-order valence-corrected chi connectivity index (χ0v) is 12.9. The van der Waals surface area contributed by atoms with Crippen LogP contribution in [0.25, 0.3) is 0 Å². The molecule has 2 aliphatic rings. The SMILES string of the molecule is CO[C@H]1CCCN(C2CCCC2)[C@H]1Cc1cccc(F)c1. The minimum absolute atomic E-state index is 0.135. The molecule has 0 amide bonds. The van der Waals surface area contributed by atoms with Crippen LogP contribution in [0.4, 0.5) is 4.39 Å². The normalized spacial score (nSPS) is 28.1. The molecule has 1 saturated carbocycles. The molecule has 1 aromatic carbocycles. The lowest BCUT2D eigenvalue weighted by Crippen LogP contribution is -2.53. The Morgan fingerprint density at radius 3 is 2.71 bits per heavy atom. The van der Waals surface area contributed by atoms with Crippen LogP contribution in [0, 0.1) is 5.82 Å². The van der Waals surface area contributed by atoms with Crippen LogP contribution in [0.1, 0.15) is 44.1 Å². The number of piperidine rings is 1. The number of rotatable bonds is 4. The van der Waals surface area contributed by atoms with Crippen LogP contribution in [-0.4, -0.2) is 36.7 Å². The minimum atomic E-state index is -0.135. The van der Waals surface area contributed by atoms with Gasteiger partial charge in [-0.2, -0.15) is 0 Å². The fraction of sp³-hybridized carbons (Fsp3) is 0.667. The van der Waals surface area contributed by atoms with Crippen LogP contribution in [-0.2, 0) is 11.2 Å². The molecule has 2 nitrogen and oxygen atoms in total. The largest absolute Gasteiger partial charge is 0.380 e. The minimum Gasteiger partial charge on any atom is -0.380 e. The fourth-order valence-corrected chi connectivity index (χ4v) is 4.17. The van der Waals surface area contributed by atoms with Gasteiger partial charge < -0.3 is 4.74 Å². The predicted molar refractivity (Wildman–Crippen MR) is 82.9 cm³/mol. The first-order valence-corrected chi connectivity index (χ1v) is 8.31. The summed E-state index contributed by atoms with van der Waals surface area (Å²) in [7, 11) is 1.82. The lowest BCUT2D eigenvalue weighted by molar-refractivity contribution is -0.0352. The van der Waals surface area contributed by atoms with Crippen LogP contribution in [0.3, 0.4) is 0 Å². The van der Waals surface area contributed by atoms with Crippen molar-refractivity contribution in [3.63, 3.8) is 0 Å².